The van der Waals surface area contributed by atoms with Crippen LogP contribution in [0.5, 0.6) is 0 Å². The highest BCUT2D eigenvalue weighted by molar-refractivity contribution is 7.99. The maximum absolute atomic E-state index is 11.8. The molecule has 4 aliphatic rings. The maximum atomic E-state index is 11.8. The van der Waals surface area contributed by atoms with Gasteiger partial charge in [-0.05, 0) is 12.1 Å². The van der Waals surface area contributed by atoms with E-state index in [0.717, 1.165) is 16.0 Å². The molecule has 4 saturated heterocycles. The molecule has 0 saturated carbocycles. The predicted octanol–water partition coefficient (Wildman–Crippen LogP) is 4.24. The van der Waals surface area contributed by atoms with Crippen LogP contribution < -0.4 is 0 Å². The molecule has 0 aliphatic carbocycles. The van der Waals surface area contributed by atoms with Crippen molar-refractivity contribution in [3.63, 3.8) is 0 Å². The van der Waals surface area contributed by atoms with E-state index in [1.165, 1.54) is 11.8 Å². The molecule has 12 atom stereocenters. The molecule has 11 heteroatoms. The zero-order valence-corrected chi connectivity index (χ0v) is 27.4. The van der Waals surface area contributed by atoms with Crippen LogP contribution in [0.1, 0.15) is 23.7 Å². The fourth-order valence-electron chi connectivity index (χ4n) is 6.46. The van der Waals surface area contributed by atoms with Gasteiger partial charge >= 0.3 is 0 Å². The van der Waals surface area contributed by atoms with Gasteiger partial charge in [0.05, 0.1) is 13.2 Å². The Morgan fingerprint density at radius 3 is 1.78 bits per heavy atom. The fraction of sp³-hybridized carbons (Fsp3) is 0.421. The summed E-state index contributed by atoms with van der Waals surface area (Å²) in [6.07, 6.45) is 2.40. The van der Waals surface area contributed by atoms with Crippen LogP contribution in [0.25, 0.3) is 0 Å². The number of hydrogen-bond acceptors (Lipinski definition) is 11. The van der Waals surface area contributed by atoms with Crippen LogP contribution >= 0.6 is 11.8 Å². The van der Waals surface area contributed by atoms with Gasteiger partial charge in [0.15, 0.2) is 18.9 Å². The summed E-state index contributed by atoms with van der Waals surface area (Å²) in [5, 5.41) is 11.8. The molecule has 4 aliphatic heterocycles. The zero-order chi connectivity index (χ0) is 33.6. The fourth-order valence-corrected chi connectivity index (χ4v) is 7.61. The van der Waals surface area contributed by atoms with Gasteiger partial charge in [-0.1, -0.05) is 102 Å². The Morgan fingerprint density at radius 1 is 0.653 bits per heavy atom. The molecule has 0 aromatic heterocycles. The normalized spacial score (nSPS) is 35.7. The highest BCUT2D eigenvalue weighted by Crippen LogP contribution is 2.43. The molecular formula is C38H38O10S. The summed E-state index contributed by atoms with van der Waals surface area (Å²) in [4.78, 5) is 0.964. The van der Waals surface area contributed by atoms with E-state index in [1.807, 2.05) is 91.0 Å². The van der Waals surface area contributed by atoms with Gasteiger partial charge in [0, 0.05) is 16.0 Å². The molecule has 10 nitrogen and oxygen atoms in total. The zero-order valence-electron chi connectivity index (χ0n) is 26.6. The molecule has 49 heavy (non-hydrogen) atoms. The number of benzene rings is 3. The first-order valence-corrected chi connectivity index (χ1v) is 17.1. The number of rotatable bonds is 10. The number of aliphatic hydroxyl groups excluding tert-OH is 1. The van der Waals surface area contributed by atoms with Crippen LogP contribution in [0, 0.1) is 24.7 Å². The summed E-state index contributed by atoms with van der Waals surface area (Å²) in [5.74, 6) is 5.05. The van der Waals surface area contributed by atoms with Crippen LogP contribution in [-0.2, 0) is 42.6 Å². The van der Waals surface area contributed by atoms with E-state index in [4.69, 9.17) is 55.5 Å². The Balaban J connectivity index is 1.19. The average molecular weight is 687 g/mol. The maximum Gasteiger partial charge on any atom is 0.187 e. The molecule has 3 aromatic carbocycles. The van der Waals surface area contributed by atoms with Crippen LogP contribution in [-0.4, -0.2) is 92.1 Å². The third-order valence-corrected chi connectivity index (χ3v) is 9.90. The number of terminal acetylenes is 2. The molecule has 4 heterocycles. The van der Waals surface area contributed by atoms with Gasteiger partial charge in [-0.25, -0.2) is 0 Å². The number of aliphatic hydroxyl groups is 1. The van der Waals surface area contributed by atoms with Gasteiger partial charge in [0.1, 0.15) is 67.5 Å². The molecular weight excluding hydrogens is 648 g/mol. The summed E-state index contributed by atoms with van der Waals surface area (Å²) >= 11 is 1.48. The topological polar surface area (TPSA) is 103 Å². The second kappa shape index (κ2) is 16.2. The molecule has 0 spiro atoms. The van der Waals surface area contributed by atoms with E-state index in [1.54, 1.807) is 0 Å². The van der Waals surface area contributed by atoms with Crippen LogP contribution in [0.15, 0.2) is 95.9 Å². The average Bonchev–Trinajstić information content (AvgIpc) is 3.15. The Kier molecular flexibility index (Phi) is 11.3. The van der Waals surface area contributed by atoms with Gasteiger partial charge in [-0.15, -0.1) is 12.8 Å². The molecule has 0 amide bonds. The minimum Gasteiger partial charge on any atom is -0.387 e. The standard InChI is InChI=1S/C38H38O10S/c1-3-20-40-32-29(39)30-27(22-42-35(46-30)24-14-8-5-9-15-24)44-37(32)48-33-31-28(23-43-36(47-31)25-16-10-6-11-17-25)45-38(34(33)41-21-4-2)49-26-18-12-7-13-19-26/h1-2,5-19,27-39H,20-23H2/t27-,28-,29+,30-,31-,32+,33+,34+,35-,36-,37+,38-/m1/s1. The van der Waals surface area contributed by atoms with E-state index in [-0.39, 0.29) is 26.4 Å². The smallest absolute Gasteiger partial charge is 0.187 e. The van der Waals surface area contributed by atoms with Crippen molar-refractivity contribution in [3.8, 4) is 24.7 Å². The third kappa shape index (κ3) is 7.74. The molecule has 0 radical (unpaired) electrons. The summed E-state index contributed by atoms with van der Waals surface area (Å²) < 4.78 is 57.3. The summed E-state index contributed by atoms with van der Waals surface area (Å²) in [6.45, 7) is 0.280. The Labute approximate surface area is 290 Å². The molecule has 0 unspecified atom stereocenters. The van der Waals surface area contributed by atoms with Gasteiger partial charge in [-0.2, -0.15) is 0 Å². The molecule has 4 fully saturated rings. The molecule has 3 aromatic rings. The van der Waals surface area contributed by atoms with E-state index in [2.05, 4.69) is 11.8 Å². The van der Waals surface area contributed by atoms with Crippen LogP contribution in [0.3, 0.4) is 0 Å². The lowest BCUT2D eigenvalue weighted by Gasteiger charge is -2.52. The quantitative estimate of drug-likeness (QED) is 0.310. The van der Waals surface area contributed by atoms with Crippen molar-refractivity contribution in [2.75, 3.05) is 26.4 Å². The predicted molar refractivity (Wildman–Crippen MR) is 178 cm³/mol. The third-order valence-electron chi connectivity index (χ3n) is 8.74. The van der Waals surface area contributed by atoms with Gasteiger partial charge in [0.2, 0.25) is 0 Å². The lowest BCUT2D eigenvalue weighted by atomic mass is 9.95. The van der Waals surface area contributed by atoms with E-state index in [0.29, 0.717) is 0 Å². The molecule has 7 rings (SSSR count). The van der Waals surface area contributed by atoms with Crippen LogP contribution in [0.4, 0.5) is 0 Å². The highest BCUT2D eigenvalue weighted by atomic mass is 32.2. The largest absolute Gasteiger partial charge is 0.387 e. The van der Waals surface area contributed by atoms with E-state index < -0.39 is 73.1 Å². The number of fused-ring (bicyclic) bond motifs is 2. The van der Waals surface area contributed by atoms with Gasteiger partial charge in [0.25, 0.3) is 0 Å². The Morgan fingerprint density at radius 2 is 1.18 bits per heavy atom. The summed E-state index contributed by atoms with van der Waals surface area (Å²) in [6, 6.07) is 29.0. The van der Waals surface area contributed by atoms with Crippen molar-refractivity contribution in [1.82, 2.24) is 0 Å². The second-order valence-electron chi connectivity index (χ2n) is 11.9. The molecule has 256 valence electrons. The van der Waals surface area contributed by atoms with Crippen molar-refractivity contribution >= 4 is 11.8 Å². The van der Waals surface area contributed by atoms with Crippen LogP contribution in [0.2, 0.25) is 0 Å². The van der Waals surface area contributed by atoms with Crippen molar-refractivity contribution in [2.24, 2.45) is 0 Å². The first-order valence-electron chi connectivity index (χ1n) is 16.2. The summed E-state index contributed by atoms with van der Waals surface area (Å²) in [5.41, 5.74) is 1.09. The number of ether oxygens (including phenoxy) is 9. The minimum absolute atomic E-state index is 0.00579. The lowest BCUT2D eigenvalue weighted by molar-refractivity contribution is -0.392. The first kappa shape index (κ1) is 34.2. The molecule has 1 N–H and O–H groups in total. The van der Waals surface area contributed by atoms with Crippen molar-refractivity contribution in [3.05, 3.63) is 102 Å². The van der Waals surface area contributed by atoms with E-state index in [9.17, 15) is 5.11 Å². The molecule has 0 bridgehead atoms. The van der Waals surface area contributed by atoms with Crippen molar-refractivity contribution in [2.45, 2.75) is 78.0 Å². The van der Waals surface area contributed by atoms with Gasteiger partial charge < -0.3 is 47.7 Å². The van der Waals surface area contributed by atoms with Gasteiger partial charge in [-0.3, -0.25) is 0 Å². The van der Waals surface area contributed by atoms with E-state index >= 15 is 0 Å². The first-order chi connectivity index (χ1) is 24.1. The highest BCUT2D eigenvalue weighted by Gasteiger charge is 2.56. The number of hydrogen-bond donors (Lipinski definition) is 1. The monoisotopic (exact) mass is 686 g/mol. The lowest BCUT2D eigenvalue weighted by Crippen LogP contribution is -2.67. The van der Waals surface area contributed by atoms with Crippen molar-refractivity contribution < 1.29 is 47.7 Å². The minimum atomic E-state index is -1.17. The Hall–Kier alpha value is -3.27. The SMILES string of the molecule is C#CCO[C@@H]1[C@H](O[C@@H]2[C@H](OCC#C)[C@@H](Sc3ccccc3)O[C@@H]3CO[C@@H](c4ccccc4)O[C@@H]23)O[C@@H]2CO[C@@H](c3ccccc3)O[C@H]2[C@@H]1O. The Bertz CT molecular complexity index is 1570. The second-order valence-corrected chi connectivity index (χ2v) is 13.1. The summed E-state index contributed by atoms with van der Waals surface area (Å²) in [7, 11) is 0. The number of thioether (sulfide) groups is 1. The van der Waals surface area contributed by atoms with Crippen molar-refractivity contribution in [1.29, 1.82) is 0 Å².